The van der Waals surface area contributed by atoms with Crippen LogP contribution < -0.4 is 14.2 Å². The van der Waals surface area contributed by atoms with Crippen LogP contribution in [0, 0.1) is 30.5 Å². The zero-order chi connectivity index (χ0) is 31.6. The summed E-state index contributed by atoms with van der Waals surface area (Å²) >= 11 is 0. The van der Waals surface area contributed by atoms with E-state index < -0.39 is 41.0 Å². The molecule has 1 saturated heterocycles. The highest BCUT2D eigenvalue weighted by Gasteiger charge is 2.43. The van der Waals surface area contributed by atoms with E-state index in [0.717, 1.165) is 18.2 Å². The van der Waals surface area contributed by atoms with Gasteiger partial charge in [-0.3, -0.25) is 9.78 Å². The smallest absolute Gasteiger partial charge is 0.376 e. The lowest BCUT2D eigenvalue weighted by molar-refractivity contribution is -0.657. The van der Waals surface area contributed by atoms with Gasteiger partial charge in [0.2, 0.25) is 5.91 Å². The highest BCUT2D eigenvalue weighted by atomic mass is 19.1. The number of phenols is 1. The molecule has 0 aliphatic carbocycles. The van der Waals surface area contributed by atoms with Crippen molar-refractivity contribution in [2.24, 2.45) is 0 Å². The first-order chi connectivity index (χ1) is 21.0. The van der Waals surface area contributed by atoms with E-state index in [1.165, 1.54) is 12.1 Å². The fraction of sp³-hybridized carbons (Fsp3) is 0.303. The molecule has 0 radical (unpaired) electrons. The van der Waals surface area contributed by atoms with Crippen LogP contribution in [0.1, 0.15) is 37.9 Å². The van der Waals surface area contributed by atoms with Gasteiger partial charge >= 0.3 is 11.9 Å². The number of nitrogens with zero attached hydrogens (tertiary/aromatic N) is 4. The molecule has 4 aromatic rings. The predicted molar refractivity (Wildman–Crippen MR) is 157 cm³/mol. The second-order valence-corrected chi connectivity index (χ2v) is 11.6. The third-order valence-corrected chi connectivity index (χ3v) is 8.47. The number of anilines is 1. The van der Waals surface area contributed by atoms with Gasteiger partial charge in [-0.05, 0) is 49.6 Å². The Hall–Kier alpha value is -4.67. The van der Waals surface area contributed by atoms with Gasteiger partial charge in [-0.15, -0.1) is 8.78 Å². The van der Waals surface area contributed by atoms with E-state index in [1.807, 2.05) is 25.7 Å². The van der Waals surface area contributed by atoms with E-state index in [0.29, 0.717) is 21.4 Å². The van der Waals surface area contributed by atoms with Crippen molar-refractivity contribution in [1.82, 2.24) is 9.88 Å². The molecule has 2 unspecified atom stereocenters. The normalized spacial score (nSPS) is 17.8. The minimum absolute atomic E-state index is 0.00293. The third-order valence-electron chi connectivity index (χ3n) is 8.47. The Balaban J connectivity index is 1.74. The summed E-state index contributed by atoms with van der Waals surface area (Å²) in [6.45, 7) is 11.3. The van der Waals surface area contributed by atoms with Crippen LogP contribution in [0.25, 0.3) is 27.6 Å². The number of pyridine rings is 2. The predicted octanol–water partition coefficient (Wildman–Crippen LogP) is 5.86. The maximum Gasteiger partial charge on any atom is 0.376 e. The molecule has 11 heteroatoms. The molecule has 0 saturated carbocycles. The Kier molecular flexibility index (Phi) is 7.22. The van der Waals surface area contributed by atoms with Crippen molar-refractivity contribution in [2.75, 3.05) is 24.6 Å². The van der Waals surface area contributed by atoms with Crippen LogP contribution in [0.5, 0.6) is 11.5 Å². The summed E-state index contributed by atoms with van der Waals surface area (Å²) in [6.07, 6.45) is 2.79. The first kappa shape index (κ1) is 29.4. The molecule has 2 aliphatic rings. The van der Waals surface area contributed by atoms with Gasteiger partial charge in [0.15, 0.2) is 23.1 Å². The van der Waals surface area contributed by atoms with Gasteiger partial charge in [0, 0.05) is 41.8 Å². The van der Waals surface area contributed by atoms with Gasteiger partial charge in [-0.25, -0.2) is 4.39 Å². The van der Waals surface area contributed by atoms with Gasteiger partial charge in [0.05, 0.1) is 28.9 Å². The summed E-state index contributed by atoms with van der Waals surface area (Å²) in [5.74, 6) is -5.85. The van der Waals surface area contributed by atoms with Crippen molar-refractivity contribution >= 4 is 22.4 Å². The number of benzene rings is 2. The van der Waals surface area contributed by atoms with Crippen LogP contribution in [0.15, 0.2) is 49.2 Å². The molecule has 2 atom stereocenters. The number of aromatic hydroxyl groups is 1. The van der Waals surface area contributed by atoms with Gasteiger partial charge in [-0.2, -0.15) is 4.39 Å². The Morgan fingerprint density at radius 1 is 1.18 bits per heavy atom. The van der Waals surface area contributed by atoms with E-state index in [2.05, 4.69) is 11.6 Å². The quantitative estimate of drug-likeness (QED) is 0.136. The van der Waals surface area contributed by atoms with E-state index in [1.54, 1.807) is 24.1 Å². The van der Waals surface area contributed by atoms with Gasteiger partial charge < -0.3 is 19.6 Å². The van der Waals surface area contributed by atoms with Crippen LogP contribution in [0.3, 0.4) is 0 Å². The molecule has 228 valence electrons. The number of fused-ring (bicyclic) bond motifs is 5. The number of phenolic OH excluding ortho intramolecular Hbond substituents is 1. The summed E-state index contributed by atoms with van der Waals surface area (Å²) < 4.78 is 71.4. The van der Waals surface area contributed by atoms with E-state index >= 15 is 17.6 Å². The summed E-state index contributed by atoms with van der Waals surface area (Å²) in [5, 5.41) is 10.2. The molecule has 4 heterocycles. The lowest BCUT2D eigenvalue weighted by atomic mass is 9.88. The van der Waals surface area contributed by atoms with E-state index in [4.69, 9.17) is 4.74 Å². The molecular weight excluding hydrogens is 576 g/mol. The molecule has 2 aromatic carbocycles. The lowest BCUT2D eigenvalue weighted by Gasteiger charge is -2.48. The molecule has 1 N–H and O–H groups in total. The molecule has 0 spiro atoms. The van der Waals surface area contributed by atoms with Crippen LogP contribution in [0.4, 0.5) is 23.2 Å². The van der Waals surface area contributed by atoms with Gasteiger partial charge in [0.25, 0.3) is 5.69 Å². The molecular formula is C33H31F4N4O3+. The number of aryl methyl sites for hydroxylation is 1. The molecule has 7 nitrogen and oxygen atoms in total. The number of piperazine rings is 1. The Morgan fingerprint density at radius 3 is 2.61 bits per heavy atom. The molecule has 2 aliphatic heterocycles. The monoisotopic (exact) mass is 607 g/mol. The third kappa shape index (κ3) is 4.36. The summed E-state index contributed by atoms with van der Waals surface area (Å²) in [6, 6.07) is 5.16. The summed E-state index contributed by atoms with van der Waals surface area (Å²) in [5.41, 5.74) is 0.551. The first-order valence-electron chi connectivity index (χ1n) is 14.3. The zero-order valence-electron chi connectivity index (χ0n) is 24.7. The molecule has 44 heavy (non-hydrogen) atoms. The second kappa shape index (κ2) is 10.8. The Bertz CT molecular complexity index is 1840. The number of carbonyl (C=O) groups is 1. The van der Waals surface area contributed by atoms with Crippen LogP contribution in [-0.2, 0) is 4.79 Å². The number of hydrogen-bond donors (Lipinski definition) is 1. The molecule has 2 aromatic heterocycles. The van der Waals surface area contributed by atoms with Crippen molar-refractivity contribution in [3.8, 4) is 28.3 Å². The number of ether oxygens (including phenoxy) is 1. The van der Waals surface area contributed by atoms with Crippen LogP contribution >= 0.6 is 0 Å². The standard InChI is InChI=1S/C33H30F4N4O3/c1-6-24(43)39-14-19-15-44-32-28(36)27(25-17(4)10-11-38-29(25)16(2)3)26-20(30(32)40(19)13-18(39)5)12-23(35)41(33(26)37)31-21(34)8-7-9-22(31)42/h6-12,16,18-19H,1,13-15H2,2-5H3/p+1. The highest BCUT2D eigenvalue weighted by Crippen LogP contribution is 2.50. The lowest BCUT2D eigenvalue weighted by Crippen LogP contribution is -2.62. The fourth-order valence-corrected chi connectivity index (χ4v) is 6.43. The summed E-state index contributed by atoms with van der Waals surface area (Å²) in [4.78, 5) is 20.4. The number of halogens is 4. The number of carbonyl (C=O) groups excluding carboxylic acids is 1. The maximum absolute atomic E-state index is 17.0. The minimum Gasteiger partial charge on any atom is -0.502 e. The maximum atomic E-state index is 17.0. The summed E-state index contributed by atoms with van der Waals surface area (Å²) in [7, 11) is 0. The molecule has 1 amide bonds. The average Bonchev–Trinajstić information content (AvgIpc) is 2.98. The number of amides is 1. The number of rotatable bonds is 4. The SMILES string of the molecule is C=CC(=O)N1CC2COc3c(F)c(-c4c(C)ccnc4C(C)C)c4c(F)[n+](-c5c(O)cccc5F)c(F)cc4c3N2CC1C. The molecule has 1 fully saturated rings. The number of aromatic nitrogens is 2. The Morgan fingerprint density at radius 2 is 1.93 bits per heavy atom. The minimum atomic E-state index is -1.31. The second-order valence-electron chi connectivity index (χ2n) is 11.6. The highest BCUT2D eigenvalue weighted by molar-refractivity contribution is 6.07. The average molecular weight is 608 g/mol. The van der Waals surface area contributed by atoms with Crippen molar-refractivity contribution in [2.45, 2.75) is 45.7 Å². The largest absolute Gasteiger partial charge is 0.502 e. The van der Waals surface area contributed by atoms with E-state index in [9.17, 15) is 9.90 Å². The van der Waals surface area contributed by atoms with Crippen LogP contribution in [-0.4, -0.2) is 52.7 Å². The molecule has 6 rings (SSSR count). The van der Waals surface area contributed by atoms with Crippen molar-refractivity contribution < 1.29 is 36.8 Å². The van der Waals surface area contributed by atoms with Gasteiger partial charge in [0.1, 0.15) is 6.61 Å². The number of hydrogen-bond acceptors (Lipinski definition) is 5. The van der Waals surface area contributed by atoms with Crippen molar-refractivity contribution in [1.29, 1.82) is 0 Å². The zero-order valence-corrected chi connectivity index (χ0v) is 24.7. The van der Waals surface area contributed by atoms with Crippen molar-refractivity contribution in [3.63, 3.8) is 0 Å². The Labute approximate surface area is 251 Å². The van der Waals surface area contributed by atoms with Crippen molar-refractivity contribution in [3.05, 3.63) is 84.0 Å². The van der Waals surface area contributed by atoms with Gasteiger partial charge in [-0.1, -0.05) is 31.1 Å². The first-order valence-corrected chi connectivity index (χ1v) is 14.3. The number of para-hydroxylation sites is 1. The fourth-order valence-electron chi connectivity index (χ4n) is 6.43. The van der Waals surface area contributed by atoms with Crippen LogP contribution in [0.2, 0.25) is 0 Å². The topological polar surface area (TPSA) is 69.8 Å². The van der Waals surface area contributed by atoms with E-state index in [-0.39, 0.29) is 65.3 Å². The molecule has 0 bridgehead atoms.